The van der Waals surface area contributed by atoms with E-state index < -0.39 is 0 Å². The normalized spacial score (nSPS) is 11.3. The van der Waals surface area contributed by atoms with E-state index in [4.69, 9.17) is 0 Å². The van der Waals surface area contributed by atoms with Crippen molar-refractivity contribution in [1.29, 1.82) is 0 Å². The fourth-order valence-corrected chi connectivity index (χ4v) is 2.86. The van der Waals surface area contributed by atoms with Gasteiger partial charge in [-0.3, -0.25) is 4.79 Å². The fourth-order valence-electron chi connectivity index (χ4n) is 2.86. The van der Waals surface area contributed by atoms with Gasteiger partial charge < -0.3 is 14.8 Å². The lowest BCUT2D eigenvalue weighted by Crippen LogP contribution is -2.06. The number of phenolic OH excluding ortho intramolecular Hbond substituents is 2. The van der Waals surface area contributed by atoms with E-state index >= 15 is 0 Å². The van der Waals surface area contributed by atoms with Gasteiger partial charge >= 0.3 is 0 Å². The maximum absolute atomic E-state index is 12.6. The molecule has 0 saturated heterocycles. The van der Waals surface area contributed by atoms with E-state index in [0.29, 0.717) is 5.56 Å². The van der Waals surface area contributed by atoms with Crippen molar-refractivity contribution in [3.8, 4) is 11.5 Å². The van der Waals surface area contributed by atoms with Gasteiger partial charge in [-0.1, -0.05) is 13.8 Å². The van der Waals surface area contributed by atoms with Crippen LogP contribution in [0.5, 0.6) is 11.5 Å². The van der Waals surface area contributed by atoms with Gasteiger partial charge in [-0.2, -0.15) is 0 Å². The third-order valence-corrected chi connectivity index (χ3v) is 4.20. The summed E-state index contributed by atoms with van der Waals surface area (Å²) < 4.78 is 1.92. The van der Waals surface area contributed by atoms with Gasteiger partial charge in [0.05, 0.1) is 5.56 Å². The standard InChI is InChI=1S/C19H20N2O3/c1-11(2)14-8-15(18(24)9-17(14)23)16(22)7-12-6-13-4-5-21(3)19(13)20-10-12/h4-6,8-11,23-24H,7H2,1-3H3. The molecular weight excluding hydrogens is 304 g/mol. The summed E-state index contributed by atoms with van der Waals surface area (Å²) in [6.07, 6.45) is 3.75. The number of Topliss-reactive ketones (excluding diaryl/α,β-unsaturated/α-hetero) is 1. The molecule has 1 aromatic carbocycles. The summed E-state index contributed by atoms with van der Waals surface area (Å²) in [7, 11) is 1.92. The van der Waals surface area contributed by atoms with E-state index in [-0.39, 0.29) is 35.2 Å². The van der Waals surface area contributed by atoms with Gasteiger partial charge in [-0.25, -0.2) is 4.98 Å². The van der Waals surface area contributed by atoms with E-state index in [2.05, 4.69) is 4.98 Å². The lowest BCUT2D eigenvalue weighted by Gasteiger charge is -2.12. The van der Waals surface area contributed by atoms with Crippen molar-refractivity contribution in [3.05, 3.63) is 53.3 Å². The van der Waals surface area contributed by atoms with E-state index in [1.54, 1.807) is 12.3 Å². The Balaban J connectivity index is 1.92. The molecule has 0 atom stereocenters. The van der Waals surface area contributed by atoms with Gasteiger partial charge in [-0.15, -0.1) is 0 Å². The van der Waals surface area contributed by atoms with Crippen LogP contribution < -0.4 is 0 Å². The predicted octanol–water partition coefficient (Wildman–Crippen LogP) is 3.53. The summed E-state index contributed by atoms with van der Waals surface area (Å²) in [4.78, 5) is 17.0. The first kappa shape index (κ1) is 16.1. The number of aromatic hydroxyl groups is 2. The summed E-state index contributed by atoms with van der Waals surface area (Å²) in [5, 5.41) is 20.9. The maximum atomic E-state index is 12.6. The molecule has 0 aliphatic heterocycles. The van der Waals surface area contributed by atoms with E-state index in [0.717, 1.165) is 16.6 Å². The fraction of sp³-hybridized carbons (Fsp3) is 0.263. The Bertz CT molecular complexity index is 926. The Kier molecular flexibility index (Phi) is 4.01. The van der Waals surface area contributed by atoms with Gasteiger partial charge in [0, 0.05) is 37.3 Å². The van der Waals surface area contributed by atoms with Crippen LogP contribution in [0.1, 0.15) is 41.3 Å². The molecule has 0 saturated carbocycles. The summed E-state index contributed by atoms with van der Waals surface area (Å²) in [6, 6.07) is 6.69. The number of carbonyl (C=O) groups excluding carboxylic acids is 1. The van der Waals surface area contributed by atoms with Crippen LogP contribution in [0.25, 0.3) is 11.0 Å². The summed E-state index contributed by atoms with van der Waals surface area (Å²) >= 11 is 0. The van der Waals surface area contributed by atoms with Crippen molar-refractivity contribution in [1.82, 2.24) is 9.55 Å². The molecule has 0 unspecified atom stereocenters. The molecule has 5 heteroatoms. The van der Waals surface area contributed by atoms with Crippen molar-refractivity contribution in [2.24, 2.45) is 7.05 Å². The number of ketones is 1. The molecule has 0 fully saturated rings. The van der Waals surface area contributed by atoms with Gasteiger partial charge in [0.1, 0.15) is 17.1 Å². The van der Waals surface area contributed by atoms with Crippen LogP contribution in [0.3, 0.4) is 0 Å². The molecule has 5 nitrogen and oxygen atoms in total. The molecule has 3 rings (SSSR count). The highest BCUT2D eigenvalue weighted by molar-refractivity contribution is 6.00. The Morgan fingerprint density at radius 3 is 2.67 bits per heavy atom. The lowest BCUT2D eigenvalue weighted by atomic mass is 9.95. The molecular formula is C19H20N2O3. The Morgan fingerprint density at radius 1 is 1.21 bits per heavy atom. The molecule has 3 aromatic rings. The van der Waals surface area contributed by atoms with Gasteiger partial charge in [-0.05, 0) is 35.2 Å². The third kappa shape index (κ3) is 2.85. The quantitative estimate of drug-likeness (QED) is 0.720. The minimum atomic E-state index is -0.202. The smallest absolute Gasteiger partial charge is 0.171 e. The average Bonchev–Trinajstić information content (AvgIpc) is 2.87. The number of fused-ring (bicyclic) bond motifs is 1. The number of aryl methyl sites for hydroxylation is 1. The minimum Gasteiger partial charge on any atom is -0.508 e. The van der Waals surface area contributed by atoms with Crippen molar-refractivity contribution < 1.29 is 15.0 Å². The molecule has 0 aliphatic rings. The van der Waals surface area contributed by atoms with Crippen molar-refractivity contribution in [3.63, 3.8) is 0 Å². The highest BCUT2D eigenvalue weighted by Gasteiger charge is 2.17. The number of benzene rings is 1. The number of pyridine rings is 1. The monoisotopic (exact) mass is 324 g/mol. The Hall–Kier alpha value is -2.82. The minimum absolute atomic E-state index is 0.00595. The lowest BCUT2D eigenvalue weighted by molar-refractivity contribution is 0.0990. The predicted molar refractivity (Wildman–Crippen MR) is 92.6 cm³/mol. The number of aromatic nitrogens is 2. The maximum Gasteiger partial charge on any atom is 0.171 e. The van der Waals surface area contributed by atoms with E-state index in [1.165, 1.54) is 6.07 Å². The van der Waals surface area contributed by atoms with Crippen LogP contribution in [-0.2, 0) is 13.5 Å². The molecule has 0 amide bonds. The average molecular weight is 324 g/mol. The highest BCUT2D eigenvalue weighted by atomic mass is 16.3. The zero-order chi connectivity index (χ0) is 17.4. The summed E-state index contributed by atoms with van der Waals surface area (Å²) in [5.74, 6) is -0.340. The van der Waals surface area contributed by atoms with Crippen LogP contribution in [0.2, 0.25) is 0 Å². The first-order chi connectivity index (χ1) is 11.4. The zero-order valence-electron chi connectivity index (χ0n) is 13.9. The van der Waals surface area contributed by atoms with Crippen LogP contribution in [-0.4, -0.2) is 25.5 Å². The molecule has 124 valence electrons. The largest absolute Gasteiger partial charge is 0.508 e. The second-order valence-electron chi connectivity index (χ2n) is 6.37. The van der Waals surface area contributed by atoms with Crippen molar-refractivity contribution in [2.45, 2.75) is 26.2 Å². The molecule has 2 N–H and O–H groups in total. The Morgan fingerprint density at radius 2 is 1.96 bits per heavy atom. The van der Waals surface area contributed by atoms with Crippen LogP contribution in [0.4, 0.5) is 0 Å². The molecule has 2 heterocycles. The summed E-state index contributed by atoms with van der Waals surface area (Å²) in [5.41, 5.74) is 2.52. The van der Waals surface area contributed by atoms with Gasteiger partial charge in [0.15, 0.2) is 5.78 Å². The topological polar surface area (TPSA) is 75.4 Å². The molecule has 0 spiro atoms. The first-order valence-electron chi connectivity index (χ1n) is 7.86. The second-order valence-corrected chi connectivity index (χ2v) is 6.37. The van der Waals surface area contributed by atoms with Crippen LogP contribution in [0, 0.1) is 0 Å². The van der Waals surface area contributed by atoms with Crippen LogP contribution in [0.15, 0.2) is 36.7 Å². The highest BCUT2D eigenvalue weighted by Crippen LogP contribution is 2.32. The molecule has 24 heavy (non-hydrogen) atoms. The summed E-state index contributed by atoms with van der Waals surface area (Å²) in [6.45, 7) is 3.85. The van der Waals surface area contributed by atoms with Gasteiger partial charge in [0.25, 0.3) is 0 Å². The SMILES string of the molecule is CC(C)c1cc(C(=O)Cc2cnc3c(ccn3C)c2)c(O)cc1O. The van der Waals surface area contributed by atoms with Crippen molar-refractivity contribution >= 4 is 16.8 Å². The number of phenols is 2. The first-order valence-corrected chi connectivity index (χ1v) is 7.86. The van der Waals surface area contributed by atoms with Crippen molar-refractivity contribution in [2.75, 3.05) is 0 Å². The second kappa shape index (κ2) is 6.00. The zero-order valence-corrected chi connectivity index (χ0v) is 13.9. The number of hydrogen-bond acceptors (Lipinski definition) is 4. The molecule has 0 aliphatic carbocycles. The van der Waals surface area contributed by atoms with Gasteiger partial charge in [0.2, 0.25) is 0 Å². The Labute approximate surface area is 140 Å². The number of carbonyl (C=O) groups is 1. The number of hydrogen-bond donors (Lipinski definition) is 2. The molecule has 0 bridgehead atoms. The number of rotatable bonds is 4. The third-order valence-electron chi connectivity index (χ3n) is 4.20. The van der Waals surface area contributed by atoms with E-state index in [9.17, 15) is 15.0 Å². The molecule has 0 radical (unpaired) electrons. The van der Waals surface area contributed by atoms with E-state index in [1.807, 2.05) is 43.8 Å². The number of nitrogens with zero attached hydrogens (tertiary/aromatic N) is 2. The molecule has 2 aromatic heterocycles. The van der Waals surface area contributed by atoms with Crippen LogP contribution >= 0.6 is 0 Å².